The van der Waals surface area contributed by atoms with Gasteiger partial charge in [-0.3, -0.25) is 4.79 Å². The fourth-order valence-electron chi connectivity index (χ4n) is 2.95. The molecule has 0 aliphatic carbocycles. The van der Waals surface area contributed by atoms with Crippen LogP contribution in [-0.2, 0) is 37.4 Å². The molecule has 156 valence electrons. The van der Waals surface area contributed by atoms with Crippen molar-refractivity contribution in [3.8, 4) is 0 Å². The van der Waals surface area contributed by atoms with Crippen LogP contribution in [0, 0.1) is 0 Å². The van der Waals surface area contributed by atoms with Gasteiger partial charge in [-0.1, -0.05) is 24.3 Å². The van der Waals surface area contributed by atoms with Gasteiger partial charge in [0.1, 0.15) is 0 Å². The number of nitrogens with one attached hydrogen (secondary N) is 1. The molecule has 2 aliphatic heterocycles. The van der Waals surface area contributed by atoms with Crippen LogP contribution in [0.2, 0.25) is 0 Å². The topological polar surface area (TPSA) is 97.3 Å². The molecule has 0 fully saturated rings. The Labute approximate surface area is 171 Å². The molecule has 0 unspecified atom stereocenters. The molecule has 8 nitrogen and oxygen atoms in total. The number of sulfonamides is 1. The Bertz CT molecular complexity index is 937. The molecule has 0 atom stereocenters. The van der Waals surface area contributed by atoms with E-state index in [2.05, 4.69) is 9.71 Å². The van der Waals surface area contributed by atoms with Gasteiger partial charge in [0.25, 0.3) is 15.9 Å². The number of carbonyl (C=O) groups excluding carboxylic acids is 1. The Balaban J connectivity index is 1.58. The molecule has 2 heterocycles. The number of ether oxygens (including phenoxy) is 2. The number of rotatable bonds is 9. The van der Waals surface area contributed by atoms with Crippen LogP contribution >= 0.6 is 0 Å². The van der Waals surface area contributed by atoms with E-state index in [4.69, 9.17) is 9.47 Å². The zero-order valence-corrected chi connectivity index (χ0v) is 17.2. The zero-order valence-electron chi connectivity index (χ0n) is 16.3. The highest BCUT2D eigenvalue weighted by molar-refractivity contribution is 7.90. The second-order valence-electron chi connectivity index (χ2n) is 6.57. The minimum atomic E-state index is -3.54. The first-order chi connectivity index (χ1) is 14.0. The Hall–Kier alpha value is -2.49. The SMILES string of the molecule is CCOCCOCc1cccc(CNC(=O)C2=CC=CN3CCS(=O)(=O)N=C23)c1. The third-order valence-corrected chi connectivity index (χ3v) is 5.54. The fourth-order valence-corrected chi connectivity index (χ4v) is 3.94. The summed E-state index contributed by atoms with van der Waals surface area (Å²) in [6.07, 6.45) is 5.01. The van der Waals surface area contributed by atoms with E-state index in [1.54, 1.807) is 23.3 Å². The van der Waals surface area contributed by atoms with Crippen molar-refractivity contribution in [2.24, 2.45) is 4.40 Å². The first-order valence-electron chi connectivity index (χ1n) is 9.48. The molecule has 0 saturated heterocycles. The third-order valence-electron chi connectivity index (χ3n) is 4.39. The molecule has 3 rings (SSSR count). The summed E-state index contributed by atoms with van der Waals surface area (Å²) in [4.78, 5) is 14.3. The molecule has 0 radical (unpaired) electrons. The Kier molecular flexibility index (Phi) is 7.18. The van der Waals surface area contributed by atoms with Crippen molar-refractivity contribution >= 4 is 21.8 Å². The first-order valence-corrected chi connectivity index (χ1v) is 11.1. The van der Waals surface area contributed by atoms with Gasteiger partial charge in [-0.05, 0) is 30.2 Å². The second-order valence-corrected chi connectivity index (χ2v) is 8.32. The lowest BCUT2D eigenvalue weighted by atomic mass is 10.1. The Morgan fingerprint density at radius 3 is 2.86 bits per heavy atom. The number of amides is 1. The minimum absolute atomic E-state index is 0.0603. The van der Waals surface area contributed by atoms with Gasteiger partial charge in [0.2, 0.25) is 0 Å². The van der Waals surface area contributed by atoms with E-state index >= 15 is 0 Å². The number of amidine groups is 1. The Morgan fingerprint density at radius 1 is 1.24 bits per heavy atom. The van der Waals surface area contributed by atoms with E-state index in [1.165, 1.54) is 0 Å². The smallest absolute Gasteiger partial charge is 0.256 e. The van der Waals surface area contributed by atoms with Crippen molar-refractivity contribution in [2.75, 3.05) is 32.1 Å². The van der Waals surface area contributed by atoms with Gasteiger partial charge in [0, 0.05) is 25.9 Å². The van der Waals surface area contributed by atoms with E-state index in [9.17, 15) is 13.2 Å². The van der Waals surface area contributed by atoms with Gasteiger partial charge in [-0.25, -0.2) is 8.42 Å². The van der Waals surface area contributed by atoms with Gasteiger partial charge in [0.05, 0.1) is 31.1 Å². The predicted molar refractivity (Wildman–Crippen MR) is 110 cm³/mol. The summed E-state index contributed by atoms with van der Waals surface area (Å²) in [5, 5.41) is 2.84. The number of hydrogen-bond acceptors (Lipinski definition) is 6. The number of benzene rings is 1. The monoisotopic (exact) mass is 419 g/mol. The highest BCUT2D eigenvalue weighted by Gasteiger charge is 2.29. The summed E-state index contributed by atoms with van der Waals surface area (Å²) in [6.45, 7) is 4.76. The lowest BCUT2D eigenvalue weighted by molar-refractivity contribution is -0.117. The van der Waals surface area contributed by atoms with E-state index in [0.29, 0.717) is 33.0 Å². The minimum Gasteiger partial charge on any atom is -0.379 e. The average molecular weight is 420 g/mol. The highest BCUT2D eigenvalue weighted by atomic mass is 32.2. The highest BCUT2D eigenvalue weighted by Crippen LogP contribution is 2.18. The van der Waals surface area contributed by atoms with E-state index in [-0.39, 0.29) is 29.6 Å². The summed E-state index contributed by atoms with van der Waals surface area (Å²) < 4.78 is 38.2. The van der Waals surface area contributed by atoms with Crippen molar-refractivity contribution in [3.05, 3.63) is 59.3 Å². The summed E-state index contributed by atoms with van der Waals surface area (Å²) in [5.74, 6) is -0.254. The Morgan fingerprint density at radius 2 is 2.03 bits per heavy atom. The number of carbonyl (C=O) groups is 1. The molecule has 9 heteroatoms. The molecule has 1 amide bonds. The standard InChI is InChI=1S/C20H25N3O5S/c1-2-27-10-11-28-15-17-6-3-5-16(13-17)14-21-20(24)18-7-4-8-23-9-12-29(25,26)22-19(18)23/h3-8,13H,2,9-12,14-15H2,1H3,(H,21,24). The van der Waals surface area contributed by atoms with E-state index in [1.807, 2.05) is 31.2 Å². The fraction of sp³-hybridized carbons (Fsp3) is 0.400. The van der Waals surface area contributed by atoms with Gasteiger partial charge >= 0.3 is 0 Å². The quantitative estimate of drug-likeness (QED) is 0.607. The summed E-state index contributed by atoms with van der Waals surface area (Å²) >= 11 is 0. The number of hydrogen-bond donors (Lipinski definition) is 1. The maximum absolute atomic E-state index is 12.6. The van der Waals surface area contributed by atoms with Crippen LogP contribution in [0.4, 0.5) is 0 Å². The summed E-state index contributed by atoms with van der Waals surface area (Å²) in [5.41, 5.74) is 2.17. The van der Waals surface area contributed by atoms with Gasteiger partial charge in [0.15, 0.2) is 5.84 Å². The average Bonchev–Trinajstić information content (AvgIpc) is 2.71. The van der Waals surface area contributed by atoms with Crippen molar-refractivity contribution in [1.82, 2.24) is 10.2 Å². The van der Waals surface area contributed by atoms with Crippen LogP contribution in [-0.4, -0.2) is 57.2 Å². The molecule has 2 aliphatic rings. The maximum atomic E-state index is 12.6. The largest absolute Gasteiger partial charge is 0.379 e. The molecular weight excluding hydrogens is 394 g/mol. The van der Waals surface area contributed by atoms with Crippen molar-refractivity contribution < 1.29 is 22.7 Å². The van der Waals surface area contributed by atoms with Crippen molar-refractivity contribution in [2.45, 2.75) is 20.1 Å². The molecule has 0 aromatic heterocycles. The maximum Gasteiger partial charge on any atom is 0.256 e. The van der Waals surface area contributed by atoms with Crippen LogP contribution in [0.5, 0.6) is 0 Å². The molecular formula is C20H25N3O5S. The normalized spacial score (nSPS) is 17.3. The molecule has 0 spiro atoms. The third kappa shape index (κ3) is 5.99. The van der Waals surface area contributed by atoms with E-state index in [0.717, 1.165) is 11.1 Å². The summed E-state index contributed by atoms with van der Waals surface area (Å²) in [7, 11) is -3.54. The first kappa shape index (κ1) is 21.2. The zero-order chi connectivity index (χ0) is 20.7. The molecule has 1 aromatic rings. The molecule has 1 aromatic carbocycles. The predicted octanol–water partition coefficient (Wildman–Crippen LogP) is 1.35. The number of allylic oxidation sites excluding steroid dienone is 2. The molecule has 0 bridgehead atoms. The lowest BCUT2D eigenvalue weighted by Gasteiger charge is -2.28. The van der Waals surface area contributed by atoms with Crippen LogP contribution in [0.25, 0.3) is 0 Å². The van der Waals surface area contributed by atoms with Crippen LogP contribution < -0.4 is 5.32 Å². The second kappa shape index (κ2) is 9.82. The van der Waals surface area contributed by atoms with Crippen LogP contribution in [0.3, 0.4) is 0 Å². The number of fused-ring (bicyclic) bond motifs is 1. The molecule has 1 N–H and O–H groups in total. The van der Waals surface area contributed by atoms with Gasteiger partial charge < -0.3 is 19.7 Å². The number of nitrogens with zero attached hydrogens (tertiary/aromatic N) is 2. The summed E-state index contributed by atoms with van der Waals surface area (Å²) in [6, 6.07) is 7.74. The van der Waals surface area contributed by atoms with Gasteiger partial charge in [-0.2, -0.15) is 0 Å². The van der Waals surface area contributed by atoms with Crippen molar-refractivity contribution in [1.29, 1.82) is 0 Å². The molecule has 0 saturated carbocycles. The van der Waals surface area contributed by atoms with Crippen LogP contribution in [0.15, 0.2) is 52.6 Å². The van der Waals surface area contributed by atoms with E-state index < -0.39 is 10.0 Å². The molecule has 29 heavy (non-hydrogen) atoms. The van der Waals surface area contributed by atoms with Crippen molar-refractivity contribution in [3.63, 3.8) is 0 Å². The van der Waals surface area contributed by atoms with Crippen LogP contribution in [0.1, 0.15) is 18.1 Å². The van der Waals surface area contributed by atoms with Gasteiger partial charge in [-0.15, -0.1) is 4.40 Å². The lowest BCUT2D eigenvalue weighted by Crippen LogP contribution is -2.42.